The average molecular weight is 401 g/mol. The molecule has 0 spiro atoms. The van der Waals surface area contributed by atoms with Crippen LogP contribution in [0.2, 0.25) is 5.02 Å². The zero-order valence-electron chi connectivity index (χ0n) is 15.4. The van der Waals surface area contributed by atoms with Crippen LogP contribution in [0, 0.1) is 0 Å². The molecule has 1 N–H and O–H groups in total. The third kappa shape index (κ3) is 3.95. The number of ether oxygens (including phenoxy) is 1. The number of carbonyl (C=O) groups excluding carboxylic acids is 2. The van der Waals surface area contributed by atoms with Crippen LogP contribution in [0.4, 0.5) is 11.5 Å². The summed E-state index contributed by atoms with van der Waals surface area (Å²) in [6.45, 7) is 2.97. The van der Waals surface area contributed by atoms with E-state index in [1.54, 1.807) is 34.2 Å². The number of nitrogens with zero attached hydrogens (tertiary/aromatic N) is 3. The molecule has 0 saturated carbocycles. The lowest BCUT2D eigenvalue weighted by molar-refractivity contribution is -0.117. The summed E-state index contributed by atoms with van der Waals surface area (Å²) >= 11 is 5.95. The molecule has 2 amide bonds. The zero-order chi connectivity index (χ0) is 19.5. The molecule has 2 aliphatic heterocycles. The van der Waals surface area contributed by atoms with Gasteiger partial charge in [-0.2, -0.15) is 0 Å². The first-order valence-corrected chi connectivity index (χ1v) is 9.65. The molecule has 0 radical (unpaired) electrons. The van der Waals surface area contributed by atoms with Crippen LogP contribution >= 0.6 is 11.6 Å². The molecule has 28 heavy (non-hydrogen) atoms. The summed E-state index contributed by atoms with van der Waals surface area (Å²) in [5.74, 6) is 0.437. The monoisotopic (exact) mass is 400 g/mol. The molecule has 0 aliphatic carbocycles. The standard InChI is InChI=1S/C20H21ClN4O3/c21-16-4-2-14(3-5-16)13-25-17-10-15(11-22-19(17)23-12-18(25)26)20(27)24-6-1-8-28-9-7-24/h2-5,10-11H,1,6-9,12-13H2,(H,22,23). The first-order chi connectivity index (χ1) is 13.6. The van der Waals surface area contributed by atoms with Gasteiger partial charge >= 0.3 is 0 Å². The lowest BCUT2D eigenvalue weighted by atomic mass is 10.1. The van der Waals surface area contributed by atoms with Crippen molar-refractivity contribution in [2.24, 2.45) is 0 Å². The van der Waals surface area contributed by atoms with E-state index in [0.717, 1.165) is 12.0 Å². The van der Waals surface area contributed by atoms with Gasteiger partial charge in [-0.05, 0) is 30.2 Å². The molecular weight excluding hydrogens is 380 g/mol. The molecule has 0 unspecified atom stereocenters. The summed E-state index contributed by atoms with van der Waals surface area (Å²) in [6, 6.07) is 9.11. The molecule has 3 heterocycles. The number of hydrogen-bond acceptors (Lipinski definition) is 5. The van der Waals surface area contributed by atoms with Gasteiger partial charge in [0.05, 0.1) is 30.9 Å². The Kier molecular flexibility index (Phi) is 5.45. The Labute approximate surface area is 168 Å². The van der Waals surface area contributed by atoms with Crippen LogP contribution < -0.4 is 10.2 Å². The summed E-state index contributed by atoms with van der Waals surface area (Å²) in [7, 11) is 0. The quantitative estimate of drug-likeness (QED) is 0.857. The third-order valence-electron chi connectivity index (χ3n) is 4.88. The van der Waals surface area contributed by atoms with Gasteiger partial charge in [0.2, 0.25) is 5.91 Å². The normalized spacial score (nSPS) is 17.0. The number of halogens is 1. The highest BCUT2D eigenvalue weighted by Gasteiger charge is 2.27. The van der Waals surface area contributed by atoms with Gasteiger partial charge in [-0.15, -0.1) is 0 Å². The summed E-state index contributed by atoms with van der Waals surface area (Å²) < 4.78 is 5.43. The minimum Gasteiger partial charge on any atom is -0.380 e. The van der Waals surface area contributed by atoms with Gasteiger partial charge in [-0.25, -0.2) is 4.98 Å². The molecule has 7 nitrogen and oxygen atoms in total. The maximum absolute atomic E-state index is 12.9. The first kappa shape index (κ1) is 18.7. The predicted molar refractivity (Wildman–Crippen MR) is 107 cm³/mol. The zero-order valence-corrected chi connectivity index (χ0v) is 16.1. The van der Waals surface area contributed by atoms with Crippen molar-refractivity contribution >= 4 is 34.9 Å². The number of hydrogen-bond donors (Lipinski definition) is 1. The van der Waals surface area contributed by atoms with E-state index in [1.807, 2.05) is 12.1 Å². The maximum atomic E-state index is 12.9. The van der Waals surface area contributed by atoms with Crippen LogP contribution in [0.1, 0.15) is 22.3 Å². The van der Waals surface area contributed by atoms with Gasteiger partial charge in [0.25, 0.3) is 5.91 Å². The van der Waals surface area contributed by atoms with E-state index in [0.29, 0.717) is 54.9 Å². The average Bonchev–Trinajstić information content (AvgIpc) is 3.00. The largest absolute Gasteiger partial charge is 0.380 e. The molecule has 0 bridgehead atoms. The minimum atomic E-state index is -0.0923. The first-order valence-electron chi connectivity index (χ1n) is 9.27. The second-order valence-corrected chi connectivity index (χ2v) is 7.25. The lowest BCUT2D eigenvalue weighted by Crippen LogP contribution is -2.40. The number of anilines is 2. The second-order valence-electron chi connectivity index (χ2n) is 6.81. The van der Waals surface area contributed by atoms with Gasteiger partial charge in [0.1, 0.15) is 0 Å². The molecule has 0 atom stereocenters. The summed E-state index contributed by atoms with van der Waals surface area (Å²) in [5, 5.41) is 3.67. The van der Waals surface area contributed by atoms with E-state index < -0.39 is 0 Å². The summed E-state index contributed by atoms with van der Waals surface area (Å²) in [6.07, 6.45) is 2.38. The number of amides is 2. The van der Waals surface area contributed by atoms with Gasteiger partial charge in [0.15, 0.2) is 5.82 Å². The van der Waals surface area contributed by atoms with Crippen LogP contribution in [-0.2, 0) is 16.1 Å². The molecule has 1 aromatic heterocycles. The Balaban J connectivity index is 1.61. The van der Waals surface area contributed by atoms with E-state index in [9.17, 15) is 9.59 Å². The number of pyridine rings is 1. The number of fused-ring (bicyclic) bond motifs is 1. The fourth-order valence-electron chi connectivity index (χ4n) is 3.38. The SMILES string of the molecule is O=C(c1cnc2c(c1)N(Cc1ccc(Cl)cc1)C(=O)CN2)N1CCCOCC1. The Morgan fingerprint density at radius 1 is 1.21 bits per heavy atom. The van der Waals surface area contributed by atoms with Crippen LogP contribution in [0.25, 0.3) is 0 Å². The fraction of sp³-hybridized carbons (Fsp3) is 0.350. The highest BCUT2D eigenvalue weighted by atomic mass is 35.5. The van der Waals surface area contributed by atoms with E-state index in [2.05, 4.69) is 10.3 Å². The predicted octanol–water partition coefficient (Wildman–Crippen LogP) is 2.56. The second kappa shape index (κ2) is 8.16. The number of rotatable bonds is 3. The van der Waals surface area contributed by atoms with Crippen molar-refractivity contribution in [1.29, 1.82) is 0 Å². The van der Waals surface area contributed by atoms with Crippen molar-refractivity contribution in [1.82, 2.24) is 9.88 Å². The minimum absolute atomic E-state index is 0.0722. The Bertz CT molecular complexity index is 880. The highest BCUT2D eigenvalue weighted by Crippen LogP contribution is 2.30. The Hall–Kier alpha value is -2.64. The number of carbonyl (C=O) groups is 2. The molecule has 146 valence electrons. The van der Waals surface area contributed by atoms with Crippen molar-refractivity contribution in [3.8, 4) is 0 Å². The molecule has 1 aromatic carbocycles. The maximum Gasteiger partial charge on any atom is 0.255 e. The molecule has 1 fully saturated rings. The molecular formula is C20H21ClN4O3. The smallest absolute Gasteiger partial charge is 0.255 e. The van der Waals surface area contributed by atoms with Crippen LogP contribution in [-0.4, -0.2) is 54.5 Å². The molecule has 1 saturated heterocycles. The van der Waals surface area contributed by atoms with Crippen LogP contribution in [0.15, 0.2) is 36.5 Å². The summed E-state index contributed by atoms with van der Waals surface area (Å²) in [4.78, 5) is 33.3. The van der Waals surface area contributed by atoms with Crippen molar-refractivity contribution in [2.75, 3.05) is 43.1 Å². The van der Waals surface area contributed by atoms with Crippen molar-refractivity contribution in [3.05, 3.63) is 52.7 Å². The summed E-state index contributed by atoms with van der Waals surface area (Å²) in [5.41, 5.74) is 2.04. The number of aromatic nitrogens is 1. The van der Waals surface area contributed by atoms with Gasteiger partial charge in [-0.3, -0.25) is 9.59 Å². The molecule has 2 aliphatic rings. The van der Waals surface area contributed by atoms with Crippen molar-refractivity contribution in [2.45, 2.75) is 13.0 Å². The third-order valence-corrected chi connectivity index (χ3v) is 5.13. The topological polar surface area (TPSA) is 74.8 Å². The van der Waals surface area contributed by atoms with Crippen molar-refractivity contribution in [3.63, 3.8) is 0 Å². The fourth-order valence-corrected chi connectivity index (χ4v) is 3.50. The lowest BCUT2D eigenvalue weighted by Gasteiger charge is -2.30. The van der Waals surface area contributed by atoms with Crippen LogP contribution in [0.5, 0.6) is 0 Å². The Morgan fingerprint density at radius 3 is 2.86 bits per heavy atom. The molecule has 4 rings (SSSR count). The van der Waals surface area contributed by atoms with E-state index in [1.165, 1.54) is 0 Å². The Morgan fingerprint density at radius 2 is 2.04 bits per heavy atom. The number of nitrogens with one attached hydrogen (secondary N) is 1. The van der Waals surface area contributed by atoms with E-state index >= 15 is 0 Å². The van der Waals surface area contributed by atoms with Gasteiger partial charge in [0, 0.05) is 30.9 Å². The van der Waals surface area contributed by atoms with Gasteiger partial charge in [-0.1, -0.05) is 23.7 Å². The molecule has 2 aromatic rings. The van der Waals surface area contributed by atoms with E-state index in [4.69, 9.17) is 16.3 Å². The number of benzene rings is 1. The van der Waals surface area contributed by atoms with Gasteiger partial charge < -0.3 is 19.9 Å². The van der Waals surface area contributed by atoms with Crippen molar-refractivity contribution < 1.29 is 14.3 Å². The van der Waals surface area contributed by atoms with E-state index in [-0.39, 0.29) is 18.4 Å². The highest BCUT2D eigenvalue weighted by molar-refractivity contribution is 6.30. The molecule has 8 heteroatoms. The van der Waals surface area contributed by atoms with Crippen LogP contribution in [0.3, 0.4) is 0 Å².